The Balaban J connectivity index is 1.03. The standard InChI is InChI=1S/C58H38N2O/c1-58(42-24-9-4-10-25-42)49-30-12-11-26-45(49)55-46(29-15-31-50(55)58)52-36-51(59-57(60-52)38-19-7-3-8-20-38)41-23-13-21-39(33-41)44-28-16-32-53-56(44)48-34-40-22-14-27-43(37-17-5-2-6-18-37)47(40)35-54(48)61-53/h2-36H,1H3. The number of fused-ring (bicyclic) bond motifs is 7. The maximum Gasteiger partial charge on any atom is 0.160 e. The van der Waals surface area contributed by atoms with Crippen LogP contribution in [-0.2, 0) is 5.41 Å². The predicted molar refractivity (Wildman–Crippen MR) is 251 cm³/mol. The fraction of sp³-hybridized carbons (Fsp3) is 0.0345. The molecular formula is C58H38N2O. The van der Waals surface area contributed by atoms with E-state index in [1.54, 1.807) is 0 Å². The first-order chi connectivity index (χ1) is 30.1. The van der Waals surface area contributed by atoms with Crippen molar-refractivity contribution in [3.63, 3.8) is 0 Å². The lowest BCUT2D eigenvalue weighted by Gasteiger charge is -2.28. The third-order valence-electron chi connectivity index (χ3n) is 12.8. The van der Waals surface area contributed by atoms with E-state index < -0.39 is 0 Å². The van der Waals surface area contributed by atoms with Crippen LogP contribution in [0.2, 0.25) is 0 Å². The molecule has 1 aliphatic carbocycles. The molecule has 0 bridgehead atoms. The summed E-state index contributed by atoms with van der Waals surface area (Å²) in [6.07, 6.45) is 0. The number of hydrogen-bond donors (Lipinski definition) is 0. The lowest BCUT2D eigenvalue weighted by Crippen LogP contribution is -2.22. The van der Waals surface area contributed by atoms with E-state index in [9.17, 15) is 0 Å². The second-order valence-corrected chi connectivity index (χ2v) is 16.2. The number of furan rings is 1. The van der Waals surface area contributed by atoms with Crippen molar-refractivity contribution in [2.45, 2.75) is 12.3 Å². The Kier molecular flexibility index (Phi) is 7.98. The number of hydrogen-bond acceptors (Lipinski definition) is 3. The summed E-state index contributed by atoms with van der Waals surface area (Å²) in [6.45, 7) is 2.36. The molecule has 2 heterocycles. The van der Waals surface area contributed by atoms with E-state index in [1.807, 2.05) is 6.07 Å². The largest absolute Gasteiger partial charge is 0.456 e. The molecule has 3 heteroatoms. The first kappa shape index (κ1) is 35.1. The molecule has 1 aliphatic rings. The zero-order valence-electron chi connectivity index (χ0n) is 33.5. The van der Waals surface area contributed by atoms with Crippen LogP contribution >= 0.6 is 0 Å². The van der Waals surface area contributed by atoms with Gasteiger partial charge in [-0.3, -0.25) is 0 Å². The van der Waals surface area contributed by atoms with E-state index in [0.717, 1.165) is 61.1 Å². The molecule has 0 radical (unpaired) electrons. The van der Waals surface area contributed by atoms with Gasteiger partial charge < -0.3 is 4.42 Å². The minimum Gasteiger partial charge on any atom is -0.456 e. The van der Waals surface area contributed by atoms with Crippen LogP contribution in [0.3, 0.4) is 0 Å². The fourth-order valence-electron chi connectivity index (χ4n) is 9.84. The van der Waals surface area contributed by atoms with E-state index in [0.29, 0.717) is 5.82 Å². The molecule has 61 heavy (non-hydrogen) atoms. The topological polar surface area (TPSA) is 38.9 Å². The molecule has 0 spiro atoms. The van der Waals surface area contributed by atoms with Crippen LogP contribution in [-0.4, -0.2) is 9.97 Å². The Labute approximate surface area is 354 Å². The van der Waals surface area contributed by atoms with Gasteiger partial charge in [0, 0.05) is 32.9 Å². The number of aromatic nitrogens is 2. The maximum atomic E-state index is 6.64. The predicted octanol–water partition coefficient (Wildman–Crippen LogP) is 15.2. The maximum absolute atomic E-state index is 6.64. The minimum atomic E-state index is -0.315. The van der Waals surface area contributed by atoms with Gasteiger partial charge in [0.1, 0.15) is 11.2 Å². The highest BCUT2D eigenvalue weighted by Gasteiger charge is 2.41. The first-order valence-corrected chi connectivity index (χ1v) is 20.9. The molecule has 0 fully saturated rings. The van der Waals surface area contributed by atoms with E-state index >= 15 is 0 Å². The van der Waals surface area contributed by atoms with Crippen LogP contribution in [0.1, 0.15) is 23.6 Å². The number of nitrogens with zero attached hydrogens (tertiary/aromatic N) is 2. The highest BCUT2D eigenvalue weighted by atomic mass is 16.3. The molecular weight excluding hydrogens is 741 g/mol. The summed E-state index contributed by atoms with van der Waals surface area (Å²) in [6, 6.07) is 75.7. The summed E-state index contributed by atoms with van der Waals surface area (Å²) < 4.78 is 6.64. The van der Waals surface area contributed by atoms with Gasteiger partial charge in [-0.25, -0.2) is 9.97 Å². The van der Waals surface area contributed by atoms with E-state index in [4.69, 9.17) is 14.4 Å². The summed E-state index contributed by atoms with van der Waals surface area (Å²) in [5, 5.41) is 4.57. The molecule has 0 amide bonds. The SMILES string of the molecule is CC1(c2ccccc2)c2ccccc2-c2c(-c3cc(-c4cccc(-c5cccc6oc7cc8c(-c9ccccc9)cccc8cc7c56)c4)nc(-c4ccccc4)n3)cccc21. The lowest BCUT2D eigenvalue weighted by molar-refractivity contribution is 0.669. The van der Waals surface area contributed by atoms with Gasteiger partial charge in [-0.1, -0.05) is 182 Å². The van der Waals surface area contributed by atoms with Crippen molar-refractivity contribution < 1.29 is 4.42 Å². The van der Waals surface area contributed by atoms with Crippen LogP contribution in [0, 0.1) is 0 Å². The minimum absolute atomic E-state index is 0.315. The van der Waals surface area contributed by atoms with Gasteiger partial charge in [0.05, 0.1) is 11.4 Å². The van der Waals surface area contributed by atoms with Crippen molar-refractivity contribution >= 4 is 32.7 Å². The molecule has 0 saturated heterocycles. The quantitative estimate of drug-likeness (QED) is 0.169. The van der Waals surface area contributed by atoms with Crippen molar-refractivity contribution in [2.75, 3.05) is 0 Å². The van der Waals surface area contributed by atoms with E-state index in [1.165, 1.54) is 49.7 Å². The Bertz CT molecular complexity index is 3480. The van der Waals surface area contributed by atoms with Gasteiger partial charge in [0.15, 0.2) is 5.82 Å². The lowest BCUT2D eigenvalue weighted by atomic mass is 9.74. The fourth-order valence-corrected chi connectivity index (χ4v) is 9.84. The second-order valence-electron chi connectivity index (χ2n) is 16.2. The zero-order valence-corrected chi connectivity index (χ0v) is 33.5. The van der Waals surface area contributed by atoms with Gasteiger partial charge in [0.25, 0.3) is 0 Å². The molecule has 9 aromatic carbocycles. The van der Waals surface area contributed by atoms with Crippen LogP contribution in [0.4, 0.5) is 0 Å². The Morgan fingerprint density at radius 1 is 0.393 bits per heavy atom. The number of rotatable bonds is 6. The molecule has 3 nitrogen and oxygen atoms in total. The molecule has 286 valence electrons. The average molecular weight is 779 g/mol. The Morgan fingerprint density at radius 2 is 1.00 bits per heavy atom. The molecule has 0 saturated carbocycles. The summed E-state index contributed by atoms with van der Waals surface area (Å²) in [5.41, 5.74) is 17.2. The third-order valence-corrected chi connectivity index (χ3v) is 12.8. The van der Waals surface area contributed by atoms with Gasteiger partial charge in [0.2, 0.25) is 0 Å². The van der Waals surface area contributed by atoms with Crippen molar-refractivity contribution in [2.24, 2.45) is 0 Å². The first-order valence-electron chi connectivity index (χ1n) is 20.9. The highest BCUT2D eigenvalue weighted by Crippen LogP contribution is 2.55. The van der Waals surface area contributed by atoms with Gasteiger partial charge in [-0.05, 0) is 98.1 Å². The monoisotopic (exact) mass is 778 g/mol. The van der Waals surface area contributed by atoms with Gasteiger partial charge in [-0.15, -0.1) is 0 Å². The summed E-state index contributed by atoms with van der Waals surface area (Å²) in [7, 11) is 0. The number of benzene rings is 9. The van der Waals surface area contributed by atoms with Crippen LogP contribution in [0.15, 0.2) is 217 Å². The van der Waals surface area contributed by atoms with Crippen molar-refractivity contribution in [1.82, 2.24) is 9.97 Å². The summed E-state index contributed by atoms with van der Waals surface area (Å²) in [4.78, 5) is 10.6. The summed E-state index contributed by atoms with van der Waals surface area (Å²) in [5.74, 6) is 0.692. The third kappa shape index (κ3) is 5.58. The molecule has 11 aromatic rings. The molecule has 0 aliphatic heterocycles. The van der Waals surface area contributed by atoms with E-state index in [-0.39, 0.29) is 5.41 Å². The van der Waals surface area contributed by atoms with Gasteiger partial charge in [-0.2, -0.15) is 0 Å². The van der Waals surface area contributed by atoms with E-state index in [2.05, 4.69) is 213 Å². The Morgan fingerprint density at radius 3 is 1.84 bits per heavy atom. The molecule has 12 rings (SSSR count). The van der Waals surface area contributed by atoms with Crippen LogP contribution < -0.4 is 0 Å². The average Bonchev–Trinajstić information content (AvgIpc) is 3.83. The summed E-state index contributed by atoms with van der Waals surface area (Å²) >= 11 is 0. The molecule has 1 atom stereocenters. The van der Waals surface area contributed by atoms with Crippen LogP contribution in [0.5, 0.6) is 0 Å². The van der Waals surface area contributed by atoms with Crippen molar-refractivity contribution in [3.8, 4) is 67.3 Å². The van der Waals surface area contributed by atoms with Gasteiger partial charge >= 0.3 is 0 Å². The normalized spacial score (nSPS) is 14.4. The van der Waals surface area contributed by atoms with Crippen molar-refractivity contribution in [3.05, 3.63) is 229 Å². The smallest absolute Gasteiger partial charge is 0.160 e. The zero-order chi connectivity index (χ0) is 40.5. The Hall–Kier alpha value is -7.88. The van der Waals surface area contributed by atoms with Crippen molar-refractivity contribution in [1.29, 1.82) is 0 Å². The molecule has 0 N–H and O–H groups in total. The van der Waals surface area contributed by atoms with Crippen LogP contribution in [0.25, 0.3) is 100.0 Å². The highest BCUT2D eigenvalue weighted by molar-refractivity contribution is 6.17. The second kappa shape index (κ2) is 13.9. The molecule has 2 aromatic heterocycles. The molecule has 1 unspecified atom stereocenters.